The normalized spacial score (nSPS) is 18.9. The second kappa shape index (κ2) is 5.38. The Morgan fingerprint density at radius 2 is 2.40 bits per heavy atom. The van der Waals surface area contributed by atoms with Gasteiger partial charge in [0.15, 0.2) is 0 Å². The molecule has 0 aromatic carbocycles. The van der Waals surface area contributed by atoms with E-state index in [-0.39, 0.29) is 0 Å². The summed E-state index contributed by atoms with van der Waals surface area (Å²) in [6, 6.07) is 3.37. The molecule has 1 unspecified atom stereocenters. The number of carbonyl (C=O) groups is 1. The minimum Gasteiger partial charge on any atom is -0.480 e. The molecule has 0 bridgehead atoms. The number of thiophene rings is 1. The number of aryl methyl sites for hydroxylation is 1. The molecular formula is C14H17N3O2S. The molecule has 3 heterocycles. The zero-order chi connectivity index (χ0) is 14.1. The number of carboxylic acid groups (broad SMARTS) is 1. The van der Waals surface area contributed by atoms with Crippen LogP contribution in [0.1, 0.15) is 29.1 Å². The Labute approximate surface area is 121 Å². The summed E-state index contributed by atoms with van der Waals surface area (Å²) in [5.74, 6) is -0.771. The summed E-state index contributed by atoms with van der Waals surface area (Å²) in [6.07, 6.45) is 2.70. The molecule has 106 valence electrons. The van der Waals surface area contributed by atoms with E-state index in [0.717, 1.165) is 30.8 Å². The summed E-state index contributed by atoms with van der Waals surface area (Å²) in [7, 11) is 0. The Balaban J connectivity index is 1.88. The van der Waals surface area contributed by atoms with Gasteiger partial charge >= 0.3 is 5.97 Å². The Bertz CT molecular complexity index is 619. The second-order valence-electron chi connectivity index (χ2n) is 4.90. The summed E-state index contributed by atoms with van der Waals surface area (Å²) < 4.78 is 1.92. The predicted molar refractivity (Wildman–Crippen MR) is 76.7 cm³/mol. The fraction of sp³-hybridized carbons (Fsp3) is 0.429. The van der Waals surface area contributed by atoms with E-state index in [1.807, 2.05) is 34.0 Å². The third kappa shape index (κ3) is 2.25. The number of hydrogen-bond donors (Lipinski definition) is 1. The molecular weight excluding hydrogens is 274 g/mol. The van der Waals surface area contributed by atoms with Crippen molar-refractivity contribution in [1.29, 1.82) is 0 Å². The van der Waals surface area contributed by atoms with Crippen molar-refractivity contribution in [3.05, 3.63) is 39.8 Å². The number of nitrogens with zero attached hydrogens (tertiary/aromatic N) is 3. The van der Waals surface area contributed by atoms with Gasteiger partial charge in [0.2, 0.25) is 0 Å². The van der Waals surface area contributed by atoms with E-state index < -0.39 is 12.0 Å². The van der Waals surface area contributed by atoms with Crippen LogP contribution in [0.3, 0.4) is 0 Å². The average Bonchev–Trinajstić information content (AvgIpc) is 3.06. The van der Waals surface area contributed by atoms with Crippen molar-refractivity contribution >= 4 is 17.3 Å². The van der Waals surface area contributed by atoms with E-state index >= 15 is 0 Å². The fourth-order valence-electron chi connectivity index (χ4n) is 2.82. The molecule has 0 amide bonds. The molecule has 0 radical (unpaired) electrons. The van der Waals surface area contributed by atoms with E-state index in [0.29, 0.717) is 6.54 Å². The lowest BCUT2D eigenvalue weighted by Gasteiger charge is -2.33. The standard InChI is InChI=1S/C14H17N3O2S/c1-2-17-10(3-6-15-17)9-16-7-4-12-11(5-8-20-12)13(16)14(18)19/h3,5-6,8,13H,2,4,7,9H2,1H3,(H,18,19). The Hall–Kier alpha value is -1.66. The van der Waals surface area contributed by atoms with Crippen molar-refractivity contribution in [3.8, 4) is 0 Å². The Morgan fingerprint density at radius 3 is 3.15 bits per heavy atom. The van der Waals surface area contributed by atoms with Crippen molar-refractivity contribution in [2.24, 2.45) is 0 Å². The topological polar surface area (TPSA) is 58.4 Å². The van der Waals surface area contributed by atoms with Gasteiger partial charge in [0.25, 0.3) is 0 Å². The van der Waals surface area contributed by atoms with Gasteiger partial charge in [0.05, 0.1) is 5.69 Å². The summed E-state index contributed by atoms with van der Waals surface area (Å²) in [6.45, 7) is 4.25. The molecule has 3 rings (SSSR count). The van der Waals surface area contributed by atoms with Gasteiger partial charge < -0.3 is 5.11 Å². The number of hydrogen-bond acceptors (Lipinski definition) is 4. The average molecular weight is 291 g/mol. The number of aliphatic carboxylic acids is 1. The van der Waals surface area contributed by atoms with Gasteiger partial charge in [-0.25, -0.2) is 0 Å². The summed E-state index contributed by atoms with van der Waals surface area (Å²) in [5.41, 5.74) is 2.02. The van der Waals surface area contributed by atoms with Crippen LogP contribution in [0.25, 0.3) is 0 Å². The maximum atomic E-state index is 11.6. The van der Waals surface area contributed by atoms with E-state index in [2.05, 4.69) is 5.10 Å². The monoisotopic (exact) mass is 291 g/mol. The lowest BCUT2D eigenvalue weighted by molar-refractivity contribution is -0.144. The van der Waals surface area contributed by atoms with Crippen molar-refractivity contribution in [1.82, 2.24) is 14.7 Å². The molecule has 2 aromatic rings. The van der Waals surface area contributed by atoms with E-state index in [1.165, 1.54) is 4.88 Å². The lowest BCUT2D eigenvalue weighted by Crippen LogP contribution is -2.39. The quantitative estimate of drug-likeness (QED) is 0.937. The van der Waals surface area contributed by atoms with Crippen LogP contribution in [-0.4, -0.2) is 32.3 Å². The SMILES string of the molecule is CCn1nccc1CN1CCc2sccc2C1C(=O)O. The van der Waals surface area contributed by atoms with Crippen LogP contribution >= 0.6 is 11.3 Å². The van der Waals surface area contributed by atoms with Crippen LogP contribution in [0.5, 0.6) is 0 Å². The van der Waals surface area contributed by atoms with Crippen LogP contribution in [0.4, 0.5) is 0 Å². The molecule has 1 aliphatic heterocycles. The smallest absolute Gasteiger partial charge is 0.325 e. The van der Waals surface area contributed by atoms with Gasteiger partial charge in [-0.1, -0.05) is 0 Å². The van der Waals surface area contributed by atoms with Crippen molar-refractivity contribution in [3.63, 3.8) is 0 Å². The Kier molecular flexibility index (Phi) is 3.58. The first-order chi connectivity index (χ1) is 9.70. The van der Waals surface area contributed by atoms with E-state index in [9.17, 15) is 9.90 Å². The maximum absolute atomic E-state index is 11.6. The Morgan fingerprint density at radius 1 is 1.55 bits per heavy atom. The summed E-state index contributed by atoms with van der Waals surface area (Å²) in [5, 5.41) is 15.8. The minimum absolute atomic E-state index is 0.537. The number of carboxylic acids is 1. The fourth-order valence-corrected chi connectivity index (χ4v) is 3.72. The van der Waals surface area contributed by atoms with Crippen molar-refractivity contribution in [2.75, 3.05) is 6.54 Å². The molecule has 0 saturated heterocycles. The second-order valence-corrected chi connectivity index (χ2v) is 5.90. The highest BCUT2D eigenvalue weighted by Gasteiger charge is 2.33. The van der Waals surface area contributed by atoms with Gasteiger partial charge in [-0.2, -0.15) is 5.10 Å². The van der Waals surface area contributed by atoms with Crippen LogP contribution in [0.15, 0.2) is 23.7 Å². The minimum atomic E-state index is -0.771. The van der Waals surface area contributed by atoms with Gasteiger partial charge in [-0.05, 0) is 36.4 Å². The molecule has 5 nitrogen and oxygen atoms in total. The first-order valence-corrected chi connectivity index (χ1v) is 7.62. The van der Waals surface area contributed by atoms with Crippen LogP contribution in [0, 0.1) is 0 Å². The highest BCUT2D eigenvalue weighted by Crippen LogP contribution is 2.34. The third-order valence-electron chi connectivity index (χ3n) is 3.77. The van der Waals surface area contributed by atoms with Gasteiger partial charge in [-0.15, -0.1) is 11.3 Å². The molecule has 0 spiro atoms. The molecule has 1 atom stereocenters. The highest BCUT2D eigenvalue weighted by molar-refractivity contribution is 7.10. The molecule has 20 heavy (non-hydrogen) atoms. The number of rotatable bonds is 4. The summed E-state index contributed by atoms with van der Waals surface area (Å²) in [4.78, 5) is 14.9. The molecule has 2 aromatic heterocycles. The zero-order valence-electron chi connectivity index (χ0n) is 11.3. The van der Waals surface area contributed by atoms with Gasteiger partial charge in [0.1, 0.15) is 6.04 Å². The first kappa shape index (κ1) is 13.3. The number of aromatic nitrogens is 2. The van der Waals surface area contributed by atoms with Crippen molar-refractivity contribution < 1.29 is 9.90 Å². The molecule has 1 aliphatic rings. The highest BCUT2D eigenvalue weighted by atomic mass is 32.1. The number of fused-ring (bicyclic) bond motifs is 1. The zero-order valence-corrected chi connectivity index (χ0v) is 12.1. The van der Waals surface area contributed by atoms with Crippen molar-refractivity contribution in [2.45, 2.75) is 32.5 Å². The molecule has 0 fully saturated rings. The van der Waals surface area contributed by atoms with E-state index in [1.54, 1.807) is 17.5 Å². The largest absolute Gasteiger partial charge is 0.480 e. The van der Waals surface area contributed by atoms with Gasteiger partial charge in [0, 0.05) is 30.7 Å². The van der Waals surface area contributed by atoms with Crippen LogP contribution in [0.2, 0.25) is 0 Å². The van der Waals surface area contributed by atoms with Crippen LogP contribution in [-0.2, 0) is 24.3 Å². The molecule has 0 aliphatic carbocycles. The van der Waals surface area contributed by atoms with E-state index in [4.69, 9.17) is 0 Å². The first-order valence-electron chi connectivity index (χ1n) is 6.74. The lowest BCUT2D eigenvalue weighted by atomic mass is 10.00. The molecule has 6 heteroatoms. The third-order valence-corrected chi connectivity index (χ3v) is 4.77. The maximum Gasteiger partial charge on any atom is 0.325 e. The van der Waals surface area contributed by atoms with Gasteiger partial charge in [-0.3, -0.25) is 14.4 Å². The molecule has 0 saturated carbocycles. The summed E-state index contributed by atoms with van der Waals surface area (Å²) >= 11 is 1.66. The molecule has 1 N–H and O–H groups in total. The predicted octanol–water partition coefficient (Wildman–Crippen LogP) is 2.15. The van der Waals surface area contributed by atoms with Crippen LogP contribution < -0.4 is 0 Å².